The molecule has 2 aromatic carbocycles. The van der Waals surface area contributed by atoms with Crippen LogP contribution < -0.4 is 14.8 Å². The van der Waals surface area contributed by atoms with Crippen molar-refractivity contribution in [3.63, 3.8) is 0 Å². The molecule has 2 aromatic heterocycles. The molecule has 2 heterocycles. The van der Waals surface area contributed by atoms with Gasteiger partial charge in [-0.3, -0.25) is 15.1 Å². The molecule has 4 aromatic rings. The average Bonchev–Trinajstić information content (AvgIpc) is 3.27. The number of methoxy groups -OCH3 is 2. The van der Waals surface area contributed by atoms with Gasteiger partial charge in [0, 0.05) is 23.0 Å². The summed E-state index contributed by atoms with van der Waals surface area (Å²) in [7, 11) is 3.07. The molecule has 0 bridgehead atoms. The van der Waals surface area contributed by atoms with Crippen LogP contribution in [0.15, 0.2) is 48.7 Å². The second-order valence-corrected chi connectivity index (χ2v) is 8.22. The van der Waals surface area contributed by atoms with Gasteiger partial charge in [-0.05, 0) is 55.8 Å². The number of nitrogens with zero attached hydrogens (tertiary/aromatic N) is 3. The van der Waals surface area contributed by atoms with Gasteiger partial charge in [0.2, 0.25) is 5.13 Å². The maximum Gasteiger partial charge on any atom is 0.259 e. The zero-order chi connectivity index (χ0) is 23.5. The number of hydrogen-bond donors (Lipinski definition) is 1. The number of ether oxygens (including phenoxy) is 2. The predicted molar refractivity (Wildman–Crippen MR) is 126 cm³/mol. The number of aromatic nitrogens is 3. The number of hydrogen-bond acceptors (Lipinski definition) is 7. The lowest BCUT2D eigenvalue weighted by Gasteiger charge is -2.14. The van der Waals surface area contributed by atoms with Crippen molar-refractivity contribution in [3.05, 3.63) is 71.3 Å². The molecular formula is C24H21FN4O3S. The van der Waals surface area contributed by atoms with Gasteiger partial charge in [0.25, 0.3) is 5.91 Å². The van der Waals surface area contributed by atoms with Crippen molar-refractivity contribution in [2.75, 3.05) is 19.5 Å². The molecule has 0 saturated carbocycles. The van der Waals surface area contributed by atoms with Crippen LogP contribution in [0.25, 0.3) is 21.7 Å². The third-order valence-electron chi connectivity index (χ3n) is 5.04. The Morgan fingerprint density at radius 1 is 1.03 bits per heavy atom. The molecule has 0 unspecified atom stereocenters. The van der Waals surface area contributed by atoms with Gasteiger partial charge < -0.3 is 9.47 Å². The summed E-state index contributed by atoms with van der Waals surface area (Å²) in [6.45, 7) is 3.71. The molecule has 7 nitrogen and oxygen atoms in total. The summed E-state index contributed by atoms with van der Waals surface area (Å²) >= 11 is 1.23. The zero-order valence-corrected chi connectivity index (χ0v) is 19.3. The van der Waals surface area contributed by atoms with Crippen molar-refractivity contribution in [2.24, 2.45) is 0 Å². The molecule has 33 heavy (non-hydrogen) atoms. The van der Waals surface area contributed by atoms with Gasteiger partial charge in [0.05, 0.1) is 25.3 Å². The lowest BCUT2D eigenvalue weighted by atomic mass is 9.98. The molecule has 0 radical (unpaired) electrons. The van der Waals surface area contributed by atoms with Crippen LogP contribution in [-0.4, -0.2) is 35.3 Å². The van der Waals surface area contributed by atoms with Crippen molar-refractivity contribution in [2.45, 2.75) is 13.8 Å². The van der Waals surface area contributed by atoms with Crippen LogP contribution in [0.3, 0.4) is 0 Å². The SMILES string of the molecule is COc1ccc(-c2nnc(NC(=O)c3cnc(C)cc3-c3c(F)cccc3OC)s2)cc1C. The first-order valence-electron chi connectivity index (χ1n) is 10.0. The highest BCUT2D eigenvalue weighted by Gasteiger charge is 2.21. The molecule has 1 N–H and O–H groups in total. The van der Waals surface area contributed by atoms with Crippen LogP contribution in [0.1, 0.15) is 21.6 Å². The molecule has 1 amide bonds. The summed E-state index contributed by atoms with van der Waals surface area (Å²) in [5.41, 5.74) is 3.24. The van der Waals surface area contributed by atoms with E-state index in [0.717, 1.165) is 16.9 Å². The third-order valence-corrected chi connectivity index (χ3v) is 5.92. The Balaban J connectivity index is 1.66. The second-order valence-electron chi connectivity index (χ2n) is 7.24. The maximum absolute atomic E-state index is 14.7. The van der Waals surface area contributed by atoms with Crippen LogP contribution in [0.2, 0.25) is 0 Å². The number of carbonyl (C=O) groups is 1. The van der Waals surface area contributed by atoms with Gasteiger partial charge in [0.1, 0.15) is 22.3 Å². The monoisotopic (exact) mass is 464 g/mol. The highest BCUT2D eigenvalue weighted by atomic mass is 32.1. The maximum atomic E-state index is 14.7. The Morgan fingerprint density at radius 2 is 1.82 bits per heavy atom. The fraction of sp³-hybridized carbons (Fsp3) is 0.167. The van der Waals surface area contributed by atoms with Crippen molar-refractivity contribution in [1.82, 2.24) is 15.2 Å². The number of aryl methyl sites for hydroxylation is 2. The number of benzene rings is 2. The summed E-state index contributed by atoms with van der Waals surface area (Å²) in [5.74, 6) is 0.126. The molecule has 0 spiro atoms. The normalized spacial score (nSPS) is 10.7. The standard InChI is InChI=1S/C24H21FN4O3S/c1-13-10-15(8-9-19(13)31-3)23-28-29-24(33-23)27-22(30)17-12-26-14(2)11-16(17)21-18(25)6-5-7-20(21)32-4/h5-12H,1-4H3,(H,27,29,30). The Morgan fingerprint density at radius 3 is 2.55 bits per heavy atom. The molecule has 9 heteroatoms. The summed E-state index contributed by atoms with van der Waals surface area (Å²) in [6.07, 6.45) is 1.42. The van der Waals surface area contributed by atoms with E-state index < -0.39 is 11.7 Å². The summed E-state index contributed by atoms with van der Waals surface area (Å²) in [5, 5.41) is 12.0. The predicted octanol–water partition coefficient (Wildman–Crippen LogP) is 5.29. The van der Waals surface area contributed by atoms with E-state index in [1.54, 1.807) is 32.2 Å². The molecule has 168 valence electrons. The lowest BCUT2D eigenvalue weighted by molar-refractivity contribution is 0.102. The van der Waals surface area contributed by atoms with E-state index in [0.29, 0.717) is 27.1 Å². The van der Waals surface area contributed by atoms with Crippen LogP contribution in [0.5, 0.6) is 11.5 Å². The van der Waals surface area contributed by atoms with Crippen LogP contribution in [0, 0.1) is 19.7 Å². The summed E-state index contributed by atoms with van der Waals surface area (Å²) in [6, 6.07) is 11.8. The fourth-order valence-electron chi connectivity index (χ4n) is 3.45. The third kappa shape index (κ3) is 4.54. The highest BCUT2D eigenvalue weighted by Crippen LogP contribution is 2.36. The smallest absolute Gasteiger partial charge is 0.259 e. The summed E-state index contributed by atoms with van der Waals surface area (Å²) < 4.78 is 25.4. The van der Waals surface area contributed by atoms with Gasteiger partial charge >= 0.3 is 0 Å². The Hall–Kier alpha value is -3.85. The highest BCUT2D eigenvalue weighted by molar-refractivity contribution is 7.18. The molecule has 0 aliphatic rings. The van der Waals surface area contributed by atoms with Crippen molar-refractivity contribution >= 4 is 22.4 Å². The Kier molecular flexibility index (Phi) is 6.32. The number of carbonyl (C=O) groups excluding carboxylic acids is 1. The minimum Gasteiger partial charge on any atom is -0.496 e. The summed E-state index contributed by atoms with van der Waals surface area (Å²) in [4.78, 5) is 17.3. The molecule has 4 rings (SSSR count). The number of anilines is 1. The van der Waals surface area contributed by atoms with Gasteiger partial charge in [-0.1, -0.05) is 17.4 Å². The first kappa shape index (κ1) is 22.3. The fourth-order valence-corrected chi connectivity index (χ4v) is 4.18. The Labute approximate surface area is 194 Å². The number of pyridine rings is 1. The van der Waals surface area contributed by atoms with E-state index in [-0.39, 0.29) is 11.1 Å². The van der Waals surface area contributed by atoms with E-state index >= 15 is 0 Å². The second kappa shape index (κ2) is 9.33. The first-order valence-corrected chi connectivity index (χ1v) is 10.8. The number of rotatable bonds is 6. The van der Waals surface area contributed by atoms with Crippen molar-refractivity contribution < 1.29 is 18.7 Å². The largest absolute Gasteiger partial charge is 0.496 e. The molecule has 0 atom stereocenters. The van der Waals surface area contributed by atoms with E-state index in [4.69, 9.17) is 9.47 Å². The van der Waals surface area contributed by atoms with E-state index in [1.165, 1.54) is 30.7 Å². The number of amides is 1. The quantitative estimate of drug-likeness (QED) is 0.417. The molecule has 0 aliphatic heterocycles. The van der Waals surface area contributed by atoms with Gasteiger partial charge in [0.15, 0.2) is 0 Å². The topological polar surface area (TPSA) is 86.2 Å². The van der Waals surface area contributed by atoms with Gasteiger partial charge in [-0.25, -0.2) is 4.39 Å². The van der Waals surface area contributed by atoms with E-state index in [9.17, 15) is 9.18 Å². The minimum absolute atomic E-state index is 0.195. The minimum atomic E-state index is -0.498. The van der Waals surface area contributed by atoms with Crippen LogP contribution >= 0.6 is 11.3 Å². The number of nitrogens with one attached hydrogen (secondary N) is 1. The first-order chi connectivity index (χ1) is 15.9. The molecule has 0 saturated heterocycles. The molecular weight excluding hydrogens is 443 g/mol. The molecule has 0 fully saturated rings. The lowest BCUT2D eigenvalue weighted by Crippen LogP contribution is -2.14. The van der Waals surface area contributed by atoms with Crippen LogP contribution in [-0.2, 0) is 0 Å². The number of halogens is 1. The van der Waals surface area contributed by atoms with E-state index in [2.05, 4.69) is 20.5 Å². The zero-order valence-electron chi connectivity index (χ0n) is 18.5. The van der Waals surface area contributed by atoms with Crippen molar-refractivity contribution in [1.29, 1.82) is 0 Å². The van der Waals surface area contributed by atoms with Crippen LogP contribution in [0.4, 0.5) is 9.52 Å². The average molecular weight is 465 g/mol. The van der Waals surface area contributed by atoms with E-state index in [1.807, 2.05) is 25.1 Å². The molecule has 0 aliphatic carbocycles. The van der Waals surface area contributed by atoms with Crippen molar-refractivity contribution in [3.8, 4) is 33.2 Å². The Bertz CT molecular complexity index is 1340. The van der Waals surface area contributed by atoms with Gasteiger partial charge in [-0.15, -0.1) is 10.2 Å². The van der Waals surface area contributed by atoms with Gasteiger partial charge in [-0.2, -0.15) is 0 Å².